The van der Waals surface area contributed by atoms with Crippen molar-refractivity contribution in [3.8, 4) is 0 Å². The predicted octanol–water partition coefficient (Wildman–Crippen LogP) is 4.32. The van der Waals surface area contributed by atoms with E-state index in [1.807, 2.05) is 23.1 Å². The summed E-state index contributed by atoms with van der Waals surface area (Å²) in [6.45, 7) is 3.62. The Bertz CT molecular complexity index is 876. The van der Waals surface area contributed by atoms with Gasteiger partial charge in [-0.1, -0.05) is 43.7 Å². The second-order valence-corrected chi connectivity index (χ2v) is 6.55. The molecule has 0 bridgehead atoms. The van der Waals surface area contributed by atoms with Gasteiger partial charge in [-0.05, 0) is 42.2 Å². The van der Waals surface area contributed by atoms with Gasteiger partial charge in [0.2, 0.25) is 0 Å². The number of fused-ring (bicyclic) bond motifs is 3. The number of amides is 1. The lowest BCUT2D eigenvalue weighted by atomic mass is 10.0. The molecule has 1 aliphatic heterocycles. The maximum atomic E-state index is 12.8. The highest BCUT2D eigenvalue weighted by Crippen LogP contribution is 2.28. The van der Waals surface area contributed by atoms with Crippen LogP contribution in [0.1, 0.15) is 40.5 Å². The average Bonchev–Trinajstić information content (AvgIpc) is 3.00. The van der Waals surface area contributed by atoms with E-state index in [9.17, 15) is 4.79 Å². The molecule has 3 aromatic rings. The molecule has 0 saturated heterocycles. The van der Waals surface area contributed by atoms with E-state index in [2.05, 4.69) is 42.2 Å². The van der Waals surface area contributed by atoms with Gasteiger partial charge in [-0.15, -0.1) is 0 Å². The van der Waals surface area contributed by atoms with E-state index < -0.39 is 0 Å². The Morgan fingerprint density at radius 2 is 1.92 bits per heavy atom. The predicted molar refractivity (Wildman–Crippen MR) is 97.2 cm³/mol. The molecule has 0 aliphatic carbocycles. The summed E-state index contributed by atoms with van der Waals surface area (Å²) in [6, 6.07) is 16.5. The molecule has 0 fully saturated rings. The molecule has 122 valence electrons. The number of hydrogen-bond acceptors (Lipinski definition) is 1. The van der Waals surface area contributed by atoms with Gasteiger partial charge in [-0.2, -0.15) is 0 Å². The quantitative estimate of drug-likeness (QED) is 0.767. The number of benzene rings is 2. The van der Waals surface area contributed by atoms with Gasteiger partial charge in [0.05, 0.1) is 6.54 Å². The van der Waals surface area contributed by atoms with Crippen molar-refractivity contribution in [3.05, 3.63) is 70.9 Å². The van der Waals surface area contributed by atoms with Crippen LogP contribution in [0.15, 0.2) is 48.5 Å². The number of nitrogens with one attached hydrogen (secondary N) is 1. The minimum absolute atomic E-state index is 0.127. The first-order valence-corrected chi connectivity index (χ1v) is 8.73. The maximum absolute atomic E-state index is 12.8. The molecule has 3 heteroatoms. The maximum Gasteiger partial charge on any atom is 0.254 e. The molecule has 0 radical (unpaired) electrons. The minimum atomic E-state index is 0.127. The number of aromatic nitrogens is 1. The second-order valence-electron chi connectivity index (χ2n) is 6.55. The molecule has 1 N–H and O–H groups in total. The number of hydrogen-bond donors (Lipinski definition) is 1. The van der Waals surface area contributed by atoms with Crippen LogP contribution in [0.25, 0.3) is 10.9 Å². The molecule has 1 aliphatic rings. The van der Waals surface area contributed by atoms with Crippen LogP contribution in [0.3, 0.4) is 0 Å². The monoisotopic (exact) mass is 318 g/mol. The summed E-state index contributed by atoms with van der Waals surface area (Å²) < 4.78 is 0. The Labute approximate surface area is 142 Å². The standard InChI is InChI=1S/C21H22N2O/c1-2-5-15-8-10-16(11-9-15)21(24)23-13-12-18-17-6-3-4-7-19(17)22-20(18)14-23/h3-4,6-11,22H,2,5,12-14H2,1H3. The number of para-hydroxylation sites is 1. The molecule has 2 aromatic carbocycles. The lowest BCUT2D eigenvalue weighted by molar-refractivity contribution is 0.0733. The third-order valence-electron chi connectivity index (χ3n) is 4.91. The number of carbonyl (C=O) groups is 1. The summed E-state index contributed by atoms with van der Waals surface area (Å²) in [5.74, 6) is 0.127. The van der Waals surface area contributed by atoms with Gasteiger partial charge in [0.15, 0.2) is 0 Å². The Morgan fingerprint density at radius 1 is 1.12 bits per heavy atom. The topological polar surface area (TPSA) is 36.1 Å². The second kappa shape index (κ2) is 6.16. The summed E-state index contributed by atoms with van der Waals surface area (Å²) >= 11 is 0. The van der Waals surface area contributed by atoms with Crippen molar-refractivity contribution in [2.24, 2.45) is 0 Å². The van der Waals surface area contributed by atoms with Crippen molar-refractivity contribution in [2.75, 3.05) is 6.54 Å². The highest BCUT2D eigenvalue weighted by molar-refractivity contribution is 5.95. The highest BCUT2D eigenvalue weighted by Gasteiger charge is 2.24. The van der Waals surface area contributed by atoms with Gasteiger partial charge >= 0.3 is 0 Å². The molecule has 0 saturated carbocycles. The first-order chi connectivity index (χ1) is 11.8. The molecule has 3 nitrogen and oxygen atoms in total. The largest absolute Gasteiger partial charge is 0.357 e. The molecule has 0 spiro atoms. The van der Waals surface area contributed by atoms with Gasteiger partial charge < -0.3 is 9.88 Å². The van der Waals surface area contributed by atoms with Gasteiger partial charge in [0.25, 0.3) is 5.91 Å². The van der Waals surface area contributed by atoms with Crippen LogP contribution in [-0.2, 0) is 19.4 Å². The van der Waals surface area contributed by atoms with Crippen molar-refractivity contribution in [1.29, 1.82) is 0 Å². The Morgan fingerprint density at radius 3 is 2.71 bits per heavy atom. The van der Waals surface area contributed by atoms with Crippen LogP contribution < -0.4 is 0 Å². The van der Waals surface area contributed by atoms with Crippen LogP contribution in [0, 0.1) is 0 Å². The van der Waals surface area contributed by atoms with E-state index in [0.29, 0.717) is 6.54 Å². The number of aryl methyl sites for hydroxylation is 1. The lowest BCUT2D eigenvalue weighted by Crippen LogP contribution is -2.35. The lowest BCUT2D eigenvalue weighted by Gasteiger charge is -2.27. The van der Waals surface area contributed by atoms with Crippen LogP contribution in [0.4, 0.5) is 0 Å². The van der Waals surface area contributed by atoms with Gasteiger partial charge in [0, 0.05) is 28.7 Å². The fraction of sp³-hybridized carbons (Fsp3) is 0.286. The van der Waals surface area contributed by atoms with Crippen molar-refractivity contribution < 1.29 is 4.79 Å². The fourth-order valence-corrected chi connectivity index (χ4v) is 3.65. The molecule has 0 unspecified atom stereocenters. The van der Waals surface area contributed by atoms with Crippen LogP contribution in [0.2, 0.25) is 0 Å². The normalized spacial score (nSPS) is 14.0. The zero-order chi connectivity index (χ0) is 16.5. The van der Waals surface area contributed by atoms with Crippen molar-refractivity contribution in [2.45, 2.75) is 32.7 Å². The zero-order valence-corrected chi connectivity index (χ0v) is 14.0. The molecule has 2 heterocycles. The van der Waals surface area contributed by atoms with Crippen LogP contribution in [-0.4, -0.2) is 22.3 Å². The molecule has 4 rings (SSSR count). The third kappa shape index (κ3) is 2.60. The Hall–Kier alpha value is -2.55. The number of rotatable bonds is 3. The van der Waals surface area contributed by atoms with E-state index in [-0.39, 0.29) is 5.91 Å². The molecular formula is C21H22N2O. The van der Waals surface area contributed by atoms with E-state index in [4.69, 9.17) is 0 Å². The molecule has 0 atom stereocenters. The van der Waals surface area contributed by atoms with Crippen molar-refractivity contribution >= 4 is 16.8 Å². The third-order valence-corrected chi connectivity index (χ3v) is 4.91. The van der Waals surface area contributed by atoms with Crippen LogP contribution in [0.5, 0.6) is 0 Å². The van der Waals surface area contributed by atoms with E-state index in [1.54, 1.807) is 0 Å². The van der Waals surface area contributed by atoms with Crippen molar-refractivity contribution in [1.82, 2.24) is 9.88 Å². The fourth-order valence-electron chi connectivity index (χ4n) is 3.65. The summed E-state index contributed by atoms with van der Waals surface area (Å²) in [5.41, 5.74) is 5.80. The Balaban J connectivity index is 1.56. The molecule has 1 aromatic heterocycles. The number of aromatic amines is 1. The first-order valence-electron chi connectivity index (χ1n) is 8.73. The molecule has 1 amide bonds. The summed E-state index contributed by atoms with van der Waals surface area (Å²) in [7, 11) is 0. The summed E-state index contributed by atoms with van der Waals surface area (Å²) in [5, 5.41) is 1.29. The number of H-pyrrole nitrogens is 1. The summed E-state index contributed by atoms with van der Waals surface area (Å²) in [4.78, 5) is 18.2. The first kappa shape index (κ1) is 15.0. The van der Waals surface area contributed by atoms with E-state index in [0.717, 1.165) is 31.4 Å². The average molecular weight is 318 g/mol. The zero-order valence-electron chi connectivity index (χ0n) is 14.0. The molecular weight excluding hydrogens is 296 g/mol. The Kier molecular flexibility index (Phi) is 3.85. The van der Waals surface area contributed by atoms with E-state index in [1.165, 1.54) is 27.7 Å². The van der Waals surface area contributed by atoms with Gasteiger partial charge in [-0.3, -0.25) is 4.79 Å². The van der Waals surface area contributed by atoms with Gasteiger partial charge in [-0.25, -0.2) is 0 Å². The highest BCUT2D eigenvalue weighted by atomic mass is 16.2. The molecule has 24 heavy (non-hydrogen) atoms. The summed E-state index contributed by atoms with van der Waals surface area (Å²) in [6.07, 6.45) is 3.11. The van der Waals surface area contributed by atoms with Gasteiger partial charge in [0.1, 0.15) is 0 Å². The van der Waals surface area contributed by atoms with Crippen LogP contribution >= 0.6 is 0 Å². The number of carbonyl (C=O) groups excluding carboxylic acids is 1. The van der Waals surface area contributed by atoms with Crippen molar-refractivity contribution in [3.63, 3.8) is 0 Å². The SMILES string of the molecule is CCCc1ccc(C(=O)N2CCc3c([nH]c4ccccc34)C2)cc1. The smallest absolute Gasteiger partial charge is 0.254 e. The minimum Gasteiger partial charge on any atom is -0.357 e. The number of nitrogens with zero attached hydrogens (tertiary/aromatic N) is 1. The van der Waals surface area contributed by atoms with E-state index >= 15 is 0 Å².